The number of ether oxygens (including phenoxy) is 3. The molecule has 0 bridgehead atoms. The summed E-state index contributed by atoms with van der Waals surface area (Å²) in [5, 5.41) is 0. The summed E-state index contributed by atoms with van der Waals surface area (Å²) in [4.78, 5) is 0. The molecule has 4 aromatic carbocycles. The minimum Gasteiger partial charge on any atom is -0.491 e. The van der Waals surface area contributed by atoms with Crippen molar-refractivity contribution in [1.82, 2.24) is 0 Å². The predicted molar refractivity (Wildman–Crippen MR) is 223 cm³/mol. The first-order valence-electron chi connectivity index (χ1n) is 17.9. The van der Waals surface area contributed by atoms with Crippen molar-refractivity contribution in [3.8, 4) is 22.6 Å². The van der Waals surface area contributed by atoms with Gasteiger partial charge in [-0.25, -0.2) is 0 Å². The highest BCUT2D eigenvalue weighted by Gasteiger charge is 2.22. The molecule has 49 heavy (non-hydrogen) atoms. The van der Waals surface area contributed by atoms with Crippen LogP contribution in [0.15, 0.2) is 134 Å². The van der Waals surface area contributed by atoms with E-state index in [1.54, 1.807) is 6.08 Å². The lowest BCUT2D eigenvalue weighted by Gasteiger charge is -2.01. The summed E-state index contributed by atoms with van der Waals surface area (Å²) in [5.74, 6) is 1.81. The summed E-state index contributed by atoms with van der Waals surface area (Å²) < 4.78 is 15.6. The Hall–Kier alpha value is -3.86. The molecule has 0 aromatic heterocycles. The lowest BCUT2D eigenvalue weighted by atomic mass is 10.1. The van der Waals surface area contributed by atoms with E-state index in [0.29, 0.717) is 19.3 Å². The molecule has 1 atom stereocenters. The molecule has 2 N–H and O–H groups in total. The summed E-state index contributed by atoms with van der Waals surface area (Å²) >= 11 is 0. The zero-order chi connectivity index (χ0) is 36.4. The molecular formula is C45H76O4. The van der Waals surface area contributed by atoms with Gasteiger partial charge in [-0.2, -0.15) is 0 Å². The van der Waals surface area contributed by atoms with E-state index in [-0.39, 0.29) is 12.9 Å². The summed E-state index contributed by atoms with van der Waals surface area (Å²) in [5.41, 5.74) is 2.55. The van der Waals surface area contributed by atoms with Gasteiger partial charge in [-0.3, -0.25) is 0 Å². The molecule has 0 aliphatic carbocycles. The molecule has 1 aliphatic heterocycles. The van der Waals surface area contributed by atoms with Crippen molar-refractivity contribution in [2.45, 2.75) is 109 Å². The fraction of sp³-hybridized carbons (Fsp3) is 0.422. The molecule has 0 saturated carbocycles. The Morgan fingerprint density at radius 3 is 1.08 bits per heavy atom. The van der Waals surface area contributed by atoms with Gasteiger partial charge < -0.3 is 19.7 Å². The van der Waals surface area contributed by atoms with Crippen molar-refractivity contribution in [3.05, 3.63) is 134 Å². The van der Waals surface area contributed by atoms with Crippen molar-refractivity contribution < 1.29 is 19.7 Å². The smallest absolute Gasteiger partial charge is 0.119 e. The molecule has 1 fully saturated rings. The molecule has 280 valence electrons. The first-order chi connectivity index (χ1) is 23.2. The van der Waals surface area contributed by atoms with E-state index >= 15 is 0 Å². The molecule has 1 aliphatic rings. The minimum absolute atomic E-state index is 0. The number of hydrogen-bond acceptors (Lipinski definition) is 3. The number of benzene rings is 4. The number of epoxide rings is 1. The normalized spacial score (nSPS) is 10.2. The van der Waals surface area contributed by atoms with E-state index in [9.17, 15) is 0 Å². The highest BCUT2D eigenvalue weighted by molar-refractivity contribution is 5.62. The van der Waals surface area contributed by atoms with Gasteiger partial charge in [0.15, 0.2) is 0 Å². The van der Waals surface area contributed by atoms with Crippen LogP contribution < -0.4 is 9.47 Å². The molecule has 0 spiro atoms. The minimum atomic E-state index is 0. The molecule has 5 rings (SSSR count). The lowest BCUT2D eigenvalue weighted by molar-refractivity contribution is 0.263. The molecular weight excluding hydrogens is 604 g/mol. The van der Waals surface area contributed by atoms with Crippen LogP contribution >= 0.6 is 0 Å². The molecule has 0 radical (unpaired) electrons. The third kappa shape index (κ3) is 40.2. The van der Waals surface area contributed by atoms with Gasteiger partial charge in [0.25, 0.3) is 0 Å². The highest BCUT2D eigenvalue weighted by Crippen LogP contribution is 2.17. The summed E-state index contributed by atoms with van der Waals surface area (Å²) in [7, 11) is 0. The van der Waals surface area contributed by atoms with E-state index in [0.717, 1.165) is 18.1 Å². The van der Waals surface area contributed by atoms with Gasteiger partial charge >= 0.3 is 0 Å². The van der Waals surface area contributed by atoms with Crippen LogP contribution in [0.1, 0.15) is 103 Å². The quantitative estimate of drug-likeness (QED) is 0.144. The Kier molecular flexibility index (Phi) is 59.7. The first kappa shape index (κ1) is 57.4. The Balaban J connectivity index is -0.000000118. The second kappa shape index (κ2) is 51.0. The Morgan fingerprint density at radius 2 is 0.816 bits per heavy atom. The molecule has 0 amide bonds. The maximum atomic E-state index is 5.40. The maximum absolute atomic E-state index is 5.40. The van der Waals surface area contributed by atoms with Crippen LogP contribution in [-0.2, 0) is 4.74 Å². The SMILES string of the molecule is C.C=CCOc1ccccc1.CC.CC.CC.CC.CCC.CCC.O.c1ccc(-c2ccccc2)cc1.c1ccc(OCC2CO2)cc1. The monoisotopic (exact) mass is 681 g/mol. The topological polar surface area (TPSA) is 62.5 Å². The highest BCUT2D eigenvalue weighted by atomic mass is 16.6. The van der Waals surface area contributed by atoms with Crippen molar-refractivity contribution in [3.63, 3.8) is 0 Å². The van der Waals surface area contributed by atoms with Crippen molar-refractivity contribution in [1.29, 1.82) is 0 Å². The molecule has 1 unspecified atom stereocenters. The third-order valence-electron chi connectivity index (χ3n) is 4.57. The van der Waals surface area contributed by atoms with Crippen LogP contribution in [0.5, 0.6) is 11.5 Å². The van der Waals surface area contributed by atoms with Crippen molar-refractivity contribution >= 4 is 0 Å². The van der Waals surface area contributed by atoms with Crippen LogP contribution in [0.4, 0.5) is 0 Å². The molecule has 1 saturated heterocycles. The van der Waals surface area contributed by atoms with Crippen LogP contribution in [0, 0.1) is 0 Å². The first-order valence-corrected chi connectivity index (χ1v) is 17.9. The second-order valence-electron chi connectivity index (χ2n) is 8.64. The van der Waals surface area contributed by atoms with E-state index in [1.165, 1.54) is 24.0 Å². The van der Waals surface area contributed by atoms with Gasteiger partial charge in [0.05, 0.1) is 6.61 Å². The molecule has 4 heteroatoms. The van der Waals surface area contributed by atoms with Crippen LogP contribution in [0.3, 0.4) is 0 Å². The number of para-hydroxylation sites is 2. The van der Waals surface area contributed by atoms with Gasteiger partial charge in [0.2, 0.25) is 0 Å². The Morgan fingerprint density at radius 1 is 0.551 bits per heavy atom. The summed E-state index contributed by atoms with van der Waals surface area (Å²) in [6, 6.07) is 40.3. The predicted octanol–water partition coefficient (Wildman–Crippen LogP) is 13.8. The van der Waals surface area contributed by atoms with Crippen molar-refractivity contribution in [2.75, 3.05) is 19.8 Å². The van der Waals surface area contributed by atoms with E-state index in [1.807, 2.05) is 128 Å². The fourth-order valence-electron chi connectivity index (χ4n) is 2.80. The Labute approximate surface area is 304 Å². The Bertz CT molecular complexity index is 1010. The van der Waals surface area contributed by atoms with Crippen LogP contribution in [0.2, 0.25) is 0 Å². The lowest BCUT2D eigenvalue weighted by Crippen LogP contribution is -2.03. The van der Waals surface area contributed by atoms with Gasteiger partial charge in [0.1, 0.15) is 30.8 Å². The van der Waals surface area contributed by atoms with Crippen LogP contribution in [-0.4, -0.2) is 31.4 Å². The molecule has 1 heterocycles. The van der Waals surface area contributed by atoms with Gasteiger partial charge in [-0.1, -0.05) is 213 Å². The summed E-state index contributed by atoms with van der Waals surface area (Å²) in [6.45, 7) is 30.2. The second-order valence-corrected chi connectivity index (χ2v) is 8.64. The van der Waals surface area contributed by atoms with Gasteiger partial charge in [0, 0.05) is 0 Å². The summed E-state index contributed by atoms with van der Waals surface area (Å²) in [6.07, 6.45) is 4.57. The van der Waals surface area contributed by atoms with Gasteiger partial charge in [-0.15, -0.1) is 0 Å². The van der Waals surface area contributed by atoms with Crippen LogP contribution in [0.25, 0.3) is 11.1 Å². The molecule has 4 nitrogen and oxygen atoms in total. The zero-order valence-electron chi connectivity index (χ0n) is 32.7. The average Bonchev–Trinajstić information content (AvgIpc) is 4.01. The number of hydrogen-bond donors (Lipinski definition) is 0. The van der Waals surface area contributed by atoms with E-state index < -0.39 is 0 Å². The van der Waals surface area contributed by atoms with E-state index in [2.05, 4.69) is 82.8 Å². The zero-order valence-corrected chi connectivity index (χ0v) is 32.7. The molecule has 4 aromatic rings. The average molecular weight is 681 g/mol. The van der Waals surface area contributed by atoms with Crippen molar-refractivity contribution in [2.24, 2.45) is 0 Å². The largest absolute Gasteiger partial charge is 0.491 e. The van der Waals surface area contributed by atoms with E-state index in [4.69, 9.17) is 14.2 Å². The number of rotatable bonds is 7. The third-order valence-corrected chi connectivity index (χ3v) is 4.57. The standard InChI is InChI=1S/C12H10.C9H10O2.C9H10O.2C3H8.4C2H6.CH4.H2O/c1-3-7-11(8-4-1)12-9-5-2-6-10-12;1-2-4-8(5-3-1)10-6-9-7-11-9;1-2-8-10-9-6-4-3-5-7-9;2*1-3-2;4*1-2;;/h1-10H;1-5,9H,6-7H2;2-7H,1,8H2;2*3H2,1-2H3;4*1-2H3;1H4;1H2. The van der Waals surface area contributed by atoms with Gasteiger partial charge in [-0.05, 0) is 35.4 Å². The maximum Gasteiger partial charge on any atom is 0.119 e. The fourth-order valence-corrected chi connectivity index (χ4v) is 2.80.